The van der Waals surface area contributed by atoms with E-state index in [1.165, 1.54) is 51.6 Å². The molecule has 0 amide bonds. The van der Waals surface area contributed by atoms with E-state index in [2.05, 4.69) is 24.1 Å². The van der Waals surface area contributed by atoms with Gasteiger partial charge < -0.3 is 10.1 Å². The Morgan fingerprint density at radius 3 is 2.63 bits per heavy atom. The van der Waals surface area contributed by atoms with Gasteiger partial charge in [0.05, 0.1) is 6.61 Å². The lowest BCUT2D eigenvalue weighted by Gasteiger charge is -2.49. The minimum absolute atomic E-state index is 0.291. The number of ether oxygens (including phenoxy) is 1. The minimum atomic E-state index is 0.291. The molecule has 0 radical (unpaired) electrons. The van der Waals surface area contributed by atoms with E-state index in [1.54, 1.807) is 0 Å². The summed E-state index contributed by atoms with van der Waals surface area (Å²) in [4.78, 5) is 2.71. The van der Waals surface area contributed by atoms with E-state index >= 15 is 0 Å². The summed E-state index contributed by atoms with van der Waals surface area (Å²) in [6, 6.07) is 0.732. The van der Waals surface area contributed by atoms with Crippen LogP contribution in [0.5, 0.6) is 0 Å². The zero-order chi connectivity index (χ0) is 13.7. The number of rotatable bonds is 5. The quantitative estimate of drug-likeness (QED) is 0.829. The van der Waals surface area contributed by atoms with Crippen molar-refractivity contribution >= 4 is 0 Å². The summed E-state index contributed by atoms with van der Waals surface area (Å²) >= 11 is 0. The van der Waals surface area contributed by atoms with Gasteiger partial charge in [0.15, 0.2) is 0 Å². The number of piperazine rings is 1. The third-order valence-corrected chi connectivity index (χ3v) is 5.32. The van der Waals surface area contributed by atoms with E-state index in [0.717, 1.165) is 25.1 Å². The Hall–Kier alpha value is -0.120. The van der Waals surface area contributed by atoms with Gasteiger partial charge in [-0.1, -0.05) is 26.2 Å². The molecule has 1 heterocycles. The molecule has 0 bridgehead atoms. The van der Waals surface area contributed by atoms with Crippen molar-refractivity contribution in [2.45, 2.75) is 64.0 Å². The lowest BCUT2D eigenvalue weighted by atomic mass is 9.80. The van der Waals surface area contributed by atoms with Crippen molar-refractivity contribution in [3.8, 4) is 0 Å². The van der Waals surface area contributed by atoms with Crippen molar-refractivity contribution in [2.75, 3.05) is 33.4 Å². The van der Waals surface area contributed by atoms with Crippen LogP contribution < -0.4 is 5.32 Å². The van der Waals surface area contributed by atoms with Crippen LogP contribution in [0.15, 0.2) is 0 Å². The van der Waals surface area contributed by atoms with Crippen molar-refractivity contribution in [3.63, 3.8) is 0 Å². The second-order valence-electron chi connectivity index (χ2n) is 6.72. The highest BCUT2D eigenvalue weighted by atomic mass is 16.5. The molecule has 2 fully saturated rings. The molecule has 19 heavy (non-hydrogen) atoms. The lowest BCUT2D eigenvalue weighted by molar-refractivity contribution is 0.0228. The molecule has 0 aromatic rings. The van der Waals surface area contributed by atoms with Gasteiger partial charge in [-0.2, -0.15) is 0 Å². The number of nitrogens with one attached hydrogen (secondary N) is 1. The summed E-state index contributed by atoms with van der Waals surface area (Å²) in [5, 5.41) is 3.82. The van der Waals surface area contributed by atoms with Gasteiger partial charge in [-0.05, 0) is 32.1 Å². The minimum Gasteiger partial charge on any atom is -0.383 e. The van der Waals surface area contributed by atoms with Crippen LogP contribution in [0.25, 0.3) is 0 Å². The summed E-state index contributed by atoms with van der Waals surface area (Å²) in [6.45, 7) is 8.96. The molecule has 2 unspecified atom stereocenters. The molecule has 1 aliphatic carbocycles. The van der Waals surface area contributed by atoms with E-state index in [-0.39, 0.29) is 0 Å². The predicted octanol–water partition coefficient (Wildman–Crippen LogP) is 2.66. The van der Waals surface area contributed by atoms with Crippen molar-refractivity contribution < 1.29 is 4.74 Å². The molecule has 1 N–H and O–H groups in total. The summed E-state index contributed by atoms with van der Waals surface area (Å²) in [5.74, 6) is 0.902. The highest BCUT2D eigenvalue weighted by Gasteiger charge is 2.37. The number of hydrogen-bond donors (Lipinski definition) is 1. The van der Waals surface area contributed by atoms with Gasteiger partial charge in [0.25, 0.3) is 0 Å². The van der Waals surface area contributed by atoms with Crippen LogP contribution in [-0.4, -0.2) is 49.8 Å². The second-order valence-corrected chi connectivity index (χ2v) is 6.72. The van der Waals surface area contributed by atoms with E-state index in [4.69, 9.17) is 4.74 Å². The molecule has 2 aliphatic rings. The Kier molecular flexibility index (Phi) is 5.67. The van der Waals surface area contributed by atoms with Crippen LogP contribution in [0.1, 0.15) is 52.4 Å². The number of nitrogens with zero attached hydrogens (tertiary/aromatic N) is 1. The summed E-state index contributed by atoms with van der Waals surface area (Å²) in [5.41, 5.74) is 0.291. The molecule has 2 rings (SSSR count). The summed E-state index contributed by atoms with van der Waals surface area (Å²) in [7, 11) is 1.82. The summed E-state index contributed by atoms with van der Waals surface area (Å²) in [6.07, 6.45) is 8.38. The Morgan fingerprint density at radius 1 is 1.26 bits per heavy atom. The second kappa shape index (κ2) is 7.05. The maximum atomic E-state index is 5.32. The highest BCUT2D eigenvalue weighted by molar-refractivity contribution is 4.97. The van der Waals surface area contributed by atoms with Crippen molar-refractivity contribution in [2.24, 2.45) is 5.92 Å². The lowest BCUT2D eigenvalue weighted by Crippen LogP contribution is -2.64. The maximum absolute atomic E-state index is 5.32. The van der Waals surface area contributed by atoms with Crippen LogP contribution in [0.3, 0.4) is 0 Å². The van der Waals surface area contributed by atoms with Crippen molar-refractivity contribution in [3.05, 3.63) is 0 Å². The zero-order valence-corrected chi connectivity index (χ0v) is 13.1. The third-order valence-electron chi connectivity index (χ3n) is 5.32. The largest absolute Gasteiger partial charge is 0.383 e. The molecule has 1 saturated carbocycles. The molecule has 0 spiro atoms. The smallest absolute Gasteiger partial charge is 0.0589 e. The van der Waals surface area contributed by atoms with Crippen LogP contribution >= 0.6 is 0 Å². The molecule has 3 nitrogen and oxygen atoms in total. The average molecular weight is 268 g/mol. The van der Waals surface area contributed by atoms with Crippen molar-refractivity contribution in [1.29, 1.82) is 0 Å². The van der Waals surface area contributed by atoms with Gasteiger partial charge in [0.1, 0.15) is 0 Å². The van der Waals surface area contributed by atoms with Crippen molar-refractivity contribution in [1.82, 2.24) is 10.2 Å². The topological polar surface area (TPSA) is 24.5 Å². The average Bonchev–Trinajstić information content (AvgIpc) is 2.46. The first-order valence-corrected chi connectivity index (χ1v) is 8.16. The Bertz CT molecular complexity index is 265. The maximum Gasteiger partial charge on any atom is 0.0589 e. The normalized spacial score (nSPS) is 34.6. The van der Waals surface area contributed by atoms with E-state index in [1.807, 2.05) is 7.11 Å². The van der Waals surface area contributed by atoms with E-state index < -0.39 is 0 Å². The van der Waals surface area contributed by atoms with Gasteiger partial charge in [0, 0.05) is 38.3 Å². The van der Waals surface area contributed by atoms with Crippen LogP contribution in [0, 0.1) is 5.92 Å². The van der Waals surface area contributed by atoms with Gasteiger partial charge in [-0.3, -0.25) is 4.90 Å². The molecule has 112 valence electrons. The molecular weight excluding hydrogens is 236 g/mol. The monoisotopic (exact) mass is 268 g/mol. The van der Waals surface area contributed by atoms with E-state index in [0.29, 0.717) is 5.54 Å². The SMILES string of the molecule is CCC1(C)CN(CCOC)C(C2CCCCC2)CN1. The Morgan fingerprint density at radius 2 is 2.00 bits per heavy atom. The summed E-state index contributed by atoms with van der Waals surface area (Å²) < 4.78 is 5.32. The van der Waals surface area contributed by atoms with Gasteiger partial charge in [0.2, 0.25) is 0 Å². The molecule has 2 atom stereocenters. The fourth-order valence-corrected chi connectivity index (χ4v) is 3.78. The number of hydrogen-bond acceptors (Lipinski definition) is 3. The molecule has 0 aromatic carbocycles. The molecule has 3 heteroatoms. The zero-order valence-electron chi connectivity index (χ0n) is 13.1. The first kappa shape index (κ1) is 15.3. The molecule has 0 aromatic heterocycles. The molecule has 1 saturated heterocycles. The Balaban J connectivity index is 1.99. The predicted molar refractivity (Wildman–Crippen MR) is 80.5 cm³/mol. The molecular formula is C16H32N2O. The first-order chi connectivity index (χ1) is 9.18. The van der Waals surface area contributed by atoms with E-state index in [9.17, 15) is 0 Å². The third kappa shape index (κ3) is 3.93. The standard InChI is InChI=1S/C16H32N2O/c1-4-16(2)13-18(10-11-19-3)15(12-17-16)14-8-6-5-7-9-14/h14-15,17H,4-13H2,1-3H3. The van der Waals surface area contributed by atoms with Gasteiger partial charge in [-0.25, -0.2) is 0 Å². The van der Waals surface area contributed by atoms with Gasteiger partial charge in [-0.15, -0.1) is 0 Å². The fraction of sp³-hybridized carbons (Fsp3) is 1.00. The first-order valence-electron chi connectivity index (χ1n) is 8.16. The van der Waals surface area contributed by atoms with Crippen LogP contribution in [-0.2, 0) is 4.74 Å². The number of methoxy groups -OCH3 is 1. The van der Waals surface area contributed by atoms with Gasteiger partial charge >= 0.3 is 0 Å². The molecule has 1 aliphatic heterocycles. The highest BCUT2D eigenvalue weighted by Crippen LogP contribution is 2.31. The van der Waals surface area contributed by atoms with Crippen LogP contribution in [0.4, 0.5) is 0 Å². The Labute approximate surface area is 119 Å². The fourth-order valence-electron chi connectivity index (χ4n) is 3.78. The van der Waals surface area contributed by atoms with Crippen LogP contribution in [0.2, 0.25) is 0 Å².